The summed E-state index contributed by atoms with van der Waals surface area (Å²) < 4.78 is 45.7. The minimum Gasteiger partial charge on any atom is -0.463 e. The fourth-order valence-corrected chi connectivity index (χ4v) is 3.77. The van der Waals surface area contributed by atoms with Gasteiger partial charge in [0.1, 0.15) is 6.17 Å². The summed E-state index contributed by atoms with van der Waals surface area (Å²) in [5, 5.41) is 15.6. The van der Waals surface area contributed by atoms with E-state index in [9.17, 15) is 27.9 Å². The van der Waals surface area contributed by atoms with Crippen LogP contribution in [0, 0.1) is 6.92 Å². The van der Waals surface area contributed by atoms with Gasteiger partial charge in [-0.15, -0.1) is 5.10 Å². The number of hydrogen-bond acceptors (Lipinski definition) is 9. The van der Waals surface area contributed by atoms with E-state index in [-0.39, 0.29) is 18.2 Å². The first-order valence-electron chi connectivity index (χ1n) is 10.8. The predicted molar refractivity (Wildman–Crippen MR) is 127 cm³/mol. The van der Waals surface area contributed by atoms with Crippen molar-refractivity contribution in [3.05, 3.63) is 63.8 Å². The average molecular weight is 540 g/mol. The molecule has 2 N–H and O–H groups in total. The average Bonchev–Trinajstić information content (AvgIpc) is 3.40. The standard InChI is InChI=1S/C22H21ClF3N7O4/c1-12-9-27-8-7-15(12)33-19(20(35)37-2)28-17(29-33)11-32-21(36)31(10-16(34)22(24,25)26)18(30-32)13-3-5-14(23)6-4-13/h3-9,16-17,29,34H,10-11H2,1-2H3/t16-,17?/m0/s1. The van der Waals surface area contributed by atoms with Crippen LogP contribution in [0.3, 0.4) is 0 Å². The minimum atomic E-state index is -4.95. The van der Waals surface area contributed by atoms with Crippen LogP contribution >= 0.6 is 11.6 Å². The van der Waals surface area contributed by atoms with E-state index in [4.69, 9.17) is 16.3 Å². The molecule has 4 rings (SSSR count). The summed E-state index contributed by atoms with van der Waals surface area (Å²) >= 11 is 5.91. The maximum atomic E-state index is 13.1. The molecule has 1 aliphatic rings. The third-order valence-corrected chi connectivity index (χ3v) is 5.72. The first-order valence-corrected chi connectivity index (χ1v) is 11.2. The molecule has 3 aromatic rings. The molecule has 0 saturated carbocycles. The number of alkyl halides is 3. The minimum absolute atomic E-state index is 0.0975. The number of hydrogen-bond donors (Lipinski definition) is 2. The molecule has 0 bridgehead atoms. The molecular weight excluding hydrogens is 519 g/mol. The molecule has 196 valence electrons. The number of aliphatic hydroxyl groups is 1. The van der Waals surface area contributed by atoms with Gasteiger partial charge < -0.3 is 9.84 Å². The number of rotatable bonds is 7. The molecule has 0 radical (unpaired) electrons. The lowest BCUT2D eigenvalue weighted by Gasteiger charge is -2.22. The monoisotopic (exact) mass is 539 g/mol. The molecule has 0 spiro atoms. The van der Waals surface area contributed by atoms with Crippen LogP contribution in [-0.4, -0.2) is 61.8 Å². The van der Waals surface area contributed by atoms with E-state index >= 15 is 0 Å². The highest BCUT2D eigenvalue weighted by molar-refractivity contribution is 6.41. The predicted octanol–water partition coefficient (Wildman–Crippen LogP) is 1.91. The molecule has 2 atom stereocenters. The fourth-order valence-electron chi connectivity index (χ4n) is 3.64. The molecule has 15 heteroatoms. The van der Waals surface area contributed by atoms with Crippen LogP contribution in [0.25, 0.3) is 11.4 Å². The van der Waals surface area contributed by atoms with Gasteiger partial charge in [-0.3, -0.25) is 14.6 Å². The third kappa shape index (κ3) is 5.50. The summed E-state index contributed by atoms with van der Waals surface area (Å²) in [5.74, 6) is -0.957. The Morgan fingerprint density at radius 2 is 1.97 bits per heavy atom. The number of benzene rings is 1. The van der Waals surface area contributed by atoms with Gasteiger partial charge in [0.05, 0.1) is 25.9 Å². The molecule has 37 heavy (non-hydrogen) atoms. The van der Waals surface area contributed by atoms with E-state index in [0.29, 0.717) is 21.8 Å². The van der Waals surface area contributed by atoms with Crippen molar-refractivity contribution < 1.29 is 27.8 Å². The van der Waals surface area contributed by atoms with Gasteiger partial charge in [0, 0.05) is 23.0 Å². The smallest absolute Gasteiger partial charge is 0.416 e. The zero-order valence-corrected chi connectivity index (χ0v) is 20.2. The number of halogens is 4. The Bertz CT molecular complexity index is 1390. The van der Waals surface area contributed by atoms with Crippen molar-refractivity contribution in [1.82, 2.24) is 24.8 Å². The lowest BCUT2D eigenvalue weighted by atomic mass is 10.2. The number of esters is 1. The molecule has 1 aliphatic heterocycles. The number of aliphatic hydroxyl groups excluding tert-OH is 1. The number of pyridine rings is 1. The van der Waals surface area contributed by atoms with E-state index in [0.717, 1.165) is 9.25 Å². The van der Waals surface area contributed by atoms with Gasteiger partial charge in [0.15, 0.2) is 11.9 Å². The van der Waals surface area contributed by atoms with Crippen molar-refractivity contribution in [2.75, 3.05) is 12.1 Å². The second-order valence-electron chi connectivity index (χ2n) is 8.05. The van der Waals surface area contributed by atoms with E-state index in [2.05, 4.69) is 20.5 Å². The van der Waals surface area contributed by atoms with Crippen molar-refractivity contribution in [3.63, 3.8) is 0 Å². The van der Waals surface area contributed by atoms with E-state index in [1.165, 1.54) is 42.6 Å². The number of ether oxygens (including phenoxy) is 1. The number of carbonyl (C=O) groups excluding carboxylic acids is 1. The maximum absolute atomic E-state index is 13.1. The van der Waals surface area contributed by atoms with Gasteiger partial charge in [-0.1, -0.05) is 11.6 Å². The topological polar surface area (TPSA) is 127 Å². The normalized spacial score (nSPS) is 16.6. The Hall–Kier alpha value is -3.75. The van der Waals surface area contributed by atoms with Crippen molar-refractivity contribution in [1.29, 1.82) is 0 Å². The first kappa shape index (κ1) is 26.3. The lowest BCUT2D eigenvalue weighted by molar-refractivity contribution is -0.207. The molecule has 0 fully saturated rings. The molecule has 11 nitrogen and oxygen atoms in total. The molecule has 2 aromatic heterocycles. The number of aliphatic imine (C=N–C) groups is 1. The highest BCUT2D eigenvalue weighted by atomic mass is 35.5. The lowest BCUT2D eigenvalue weighted by Crippen LogP contribution is -2.46. The van der Waals surface area contributed by atoms with E-state index < -0.39 is 36.6 Å². The van der Waals surface area contributed by atoms with Crippen LogP contribution in [0.2, 0.25) is 5.02 Å². The summed E-state index contributed by atoms with van der Waals surface area (Å²) in [5.41, 5.74) is 3.63. The van der Waals surface area contributed by atoms with Crippen molar-refractivity contribution in [2.45, 2.75) is 38.5 Å². The van der Waals surface area contributed by atoms with Gasteiger partial charge in [-0.2, -0.15) is 13.2 Å². The number of carbonyl (C=O) groups is 1. The third-order valence-electron chi connectivity index (χ3n) is 5.47. The summed E-state index contributed by atoms with van der Waals surface area (Å²) in [6.45, 7) is 0.440. The summed E-state index contributed by atoms with van der Waals surface area (Å²) in [4.78, 5) is 33.8. The second kappa shape index (κ2) is 10.3. The van der Waals surface area contributed by atoms with Gasteiger partial charge in [0.2, 0.25) is 5.84 Å². The number of anilines is 1. The van der Waals surface area contributed by atoms with Gasteiger partial charge in [0.25, 0.3) is 0 Å². The molecule has 1 aromatic carbocycles. The van der Waals surface area contributed by atoms with E-state index in [1.807, 2.05) is 0 Å². The number of nitrogens with one attached hydrogen (secondary N) is 1. The Morgan fingerprint density at radius 3 is 2.59 bits per heavy atom. The zero-order valence-electron chi connectivity index (χ0n) is 19.5. The number of amidine groups is 1. The van der Waals surface area contributed by atoms with Crippen LogP contribution in [-0.2, 0) is 22.6 Å². The quantitative estimate of drug-likeness (QED) is 0.436. The number of aryl methyl sites for hydroxylation is 1. The summed E-state index contributed by atoms with van der Waals surface area (Å²) in [6, 6.07) is 7.60. The second-order valence-corrected chi connectivity index (χ2v) is 8.49. The zero-order chi connectivity index (χ0) is 26.9. The molecular formula is C22H21ClF3N7O4. The van der Waals surface area contributed by atoms with Gasteiger partial charge in [-0.05, 0) is 42.8 Å². The van der Waals surface area contributed by atoms with Crippen LogP contribution in [0.15, 0.2) is 52.5 Å². The van der Waals surface area contributed by atoms with Crippen molar-refractivity contribution in [2.24, 2.45) is 4.99 Å². The number of aromatic nitrogens is 4. The summed E-state index contributed by atoms with van der Waals surface area (Å²) in [7, 11) is 1.19. The molecule has 1 unspecified atom stereocenters. The molecule has 0 saturated heterocycles. The Balaban J connectivity index is 1.70. The largest absolute Gasteiger partial charge is 0.463 e. The fraction of sp³-hybridized carbons (Fsp3) is 0.318. The Morgan fingerprint density at radius 1 is 1.27 bits per heavy atom. The number of methoxy groups -OCH3 is 1. The highest BCUT2D eigenvalue weighted by Gasteiger charge is 2.40. The van der Waals surface area contributed by atoms with Gasteiger partial charge in [-0.25, -0.2) is 24.7 Å². The Labute approximate surface area is 212 Å². The van der Waals surface area contributed by atoms with Crippen LogP contribution in [0.4, 0.5) is 18.9 Å². The van der Waals surface area contributed by atoms with E-state index in [1.54, 1.807) is 19.2 Å². The van der Waals surface area contributed by atoms with Crippen molar-refractivity contribution >= 4 is 29.1 Å². The maximum Gasteiger partial charge on any atom is 0.416 e. The van der Waals surface area contributed by atoms with Crippen LogP contribution in [0.1, 0.15) is 5.56 Å². The highest BCUT2D eigenvalue weighted by Crippen LogP contribution is 2.25. The molecule has 0 aliphatic carbocycles. The van der Waals surface area contributed by atoms with Crippen LogP contribution in [0.5, 0.6) is 0 Å². The number of hydrazine groups is 1. The van der Waals surface area contributed by atoms with Crippen LogP contribution < -0.4 is 16.1 Å². The first-order chi connectivity index (χ1) is 17.5. The molecule has 3 heterocycles. The summed E-state index contributed by atoms with van der Waals surface area (Å²) in [6.07, 6.45) is -5.56. The number of nitrogens with zero attached hydrogens (tertiary/aromatic N) is 6. The molecule has 0 amide bonds. The van der Waals surface area contributed by atoms with Crippen molar-refractivity contribution in [3.8, 4) is 11.4 Å². The SMILES string of the molecule is COC(=O)C1=NC(Cn2nc(-c3ccc(Cl)cc3)n(C[C@H](O)C(F)(F)F)c2=O)NN1c1ccncc1C. The van der Waals surface area contributed by atoms with Gasteiger partial charge >= 0.3 is 17.8 Å². The Kier molecular flexibility index (Phi) is 7.34.